The summed E-state index contributed by atoms with van der Waals surface area (Å²) < 4.78 is 0. The van der Waals surface area contributed by atoms with E-state index in [1.54, 1.807) is 12.1 Å². The zero-order valence-electron chi connectivity index (χ0n) is 14.5. The number of amides is 2. The van der Waals surface area contributed by atoms with Gasteiger partial charge < -0.3 is 10.6 Å². The van der Waals surface area contributed by atoms with Crippen molar-refractivity contribution >= 4 is 29.3 Å². The van der Waals surface area contributed by atoms with Crippen molar-refractivity contribution in [2.75, 3.05) is 10.6 Å². The van der Waals surface area contributed by atoms with Gasteiger partial charge in [-0.3, -0.25) is 9.59 Å². The average Bonchev–Trinajstić information content (AvgIpc) is 3.42. The Morgan fingerprint density at radius 2 is 1.72 bits per heavy atom. The van der Waals surface area contributed by atoms with Gasteiger partial charge in [-0.2, -0.15) is 0 Å². The maximum atomic E-state index is 12.1. The van der Waals surface area contributed by atoms with Crippen LogP contribution in [0.25, 0.3) is 6.08 Å². The third-order valence-electron chi connectivity index (χ3n) is 4.22. The fourth-order valence-corrected chi connectivity index (χ4v) is 2.45. The number of aryl methyl sites for hydroxylation is 2. The van der Waals surface area contributed by atoms with E-state index >= 15 is 0 Å². The number of hydrogen-bond acceptors (Lipinski definition) is 2. The highest BCUT2D eigenvalue weighted by Crippen LogP contribution is 2.31. The third kappa shape index (κ3) is 4.80. The molecule has 2 N–H and O–H groups in total. The Labute approximate surface area is 148 Å². The fourth-order valence-electron chi connectivity index (χ4n) is 2.45. The molecule has 0 atom stereocenters. The number of benzene rings is 2. The average molecular weight is 334 g/mol. The number of anilines is 2. The number of nitrogens with one attached hydrogen (secondary N) is 2. The number of carbonyl (C=O) groups excluding carboxylic acids is 2. The van der Waals surface area contributed by atoms with Crippen LogP contribution in [0.3, 0.4) is 0 Å². The summed E-state index contributed by atoms with van der Waals surface area (Å²) in [6.45, 7) is 3.96. The Morgan fingerprint density at radius 1 is 1.00 bits per heavy atom. The molecule has 0 radical (unpaired) electrons. The van der Waals surface area contributed by atoms with Crippen molar-refractivity contribution < 1.29 is 9.59 Å². The molecule has 0 unspecified atom stereocenters. The van der Waals surface area contributed by atoms with E-state index < -0.39 is 0 Å². The van der Waals surface area contributed by atoms with E-state index in [0.29, 0.717) is 5.69 Å². The van der Waals surface area contributed by atoms with Crippen molar-refractivity contribution in [2.45, 2.75) is 26.7 Å². The van der Waals surface area contributed by atoms with Crippen molar-refractivity contribution in [3.63, 3.8) is 0 Å². The van der Waals surface area contributed by atoms with Crippen LogP contribution in [-0.2, 0) is 9.59 Å². The van der Waals surface area contributed by atoms with Gasteiger partial charge in [-0.1, -0.05) is 35.9 Å². The lowest BCUT2D eigenvalue weighted by molar-refractivity contribution is -0.117. The normalized spacial score (nSPS) is 13.7. The van der Waals surface area contributed by atoms with Crippen LogP contribution in [0, 0.1) is 19.8 Å². The molecule has 2 aromatic carbocycles. The molecule has 4 nitrogen and oxygen atoms in total. The molecule has 0 bridgehead atoms. The summed E-state index contributed by atoms with van der Waals surface area (Å²) in [5.74, 6) is 0.00447. The Hall–Kier alpha value is -2.88. The molecule has 0 aliphatic heterocycles. The summed E-state index contributed by atoms with van der Waals surface area (Å²) in [5, 5.41) is 5.77. The number of rotatable bonds is 5. The van der Waals surface area contributed by atoms with E-state index in [2.05, 4.69) is 10.6 Å². The maximum Gasteiger partial charge on any atom is 0.248 e. The van der Waals surface area contributed by atoms with E-state index in [0.717, 1.165) is 29.7 Å². The molecule has 3 rings (SSSR count). The van der Waals surface area contributed by atoms with Crippen molar-refractivity contribution in [3.05, 3.63) is 65.2 Å². The monoisotopic (exact) mass is 334 g/mol. The van der Waals surface area contributed by atoms with Gasteiger partial charge in [0.2, 0.25) is 11.8 Å². The molecular formula is C21H22N2O2. The predicted molar refractivity (Wildman–Crippen MR) is 101 cm³/mol. The summed E-state index contributed by atoms with van der Waals surface area (Å²) >= 11 is 0. The van der Waals surface area contributed by atoms with Crippen LogP contribution in [-0.4, -0.2) is 11.8 Å². The number of carbonyl (C=O) groups is 2. The van der Waals surface area contributed by atoms with Gasteiger partial charge in [0, 0.05) is 23.4 Å². The molecule has 0 spiro atoms. The molecule has 25 heavy (non-hydrogen) atoms. The smallest absolute Gasteiger partial charge is 0.248 e. The van der Waals surface area contributed by atoms with Crippen LogP contribution >= 0.6 is 0 Å². The number of hydrogen-bond donors (Lipinski definition) is 2. The summed E-state index contributed by atoms with van der Waals surface area (Å²) in [6.07, 6.45) is 5.21. The van der Waals surface area contributed by atoms with E-state index in [-0.39, 0.29) is 17.7 Å². The van der Waals surface area contributed by atoms with Gasteiger partial charge in [0.1, 0.15) is 0 Å². The van der Waals surface area contributed by atoms with Crippen molar-refractivity contribution in [1.82, 2.24) is 0 Å². The van der Waals surface area contributed by atoms with Gasteiger partial charge in [-0.05, 0) is 56.0 Å². The zero-order valence-corrected chi connectivity index (χ0v) is 14.5. The highest BCUT2D eigenvalue weighted by molar-refractivity contribution is 6.02. The third-order valence-corrected chi connectivity index (χ3v) is 4.22. The first-order valence-electron chi connectivity index (χ1n) is 8.48. The fraction of sp³-hybridized carbons (Fsp3) is 0.238. The van der Waals surface area contributed by atoms with Crippen molar-refractivity contribution in [3.8, 4) is 0 Å². The maximum absolute atomic E-state index is 12.1. The van der Waals surface area contributed by atoms with Crippen LogP contribution < -0.4 is 10.6 Å². The second-order valence-electron chi connectivity index (χ2n) is 6.53. The summed E-state index contributed by atoms with van der Waals surface area (Å²) in [5.41, 5.74) is 4.54. The summed E-state index contributed by atoms with van der Waals surface area (Å²) in [4.78, 5) is 24.0. The second kappa shape index (κ2) is 7.34. The molecule has 1 saturated carbocycles. The standard InChI is InChI=1S/C21H22N2O2/c1-14-3-6-16(7-4-14)8-12-20(24)22-18-11-5-15(2)19(13-18)23-21(25)17-9-10-17/h3-8,11-13,17H,9-10H2,1-2H3,(H,22,24)(H,23,25)/b12-8+. The quantitative estimate of drug-likeness (QED) is 0.801. The molecule has 0 saturated heterocycles. The van der Waals surface area contributed by atoms with Crippen molar-refractivity contribution in [1.29, 1.82) is 0 Å². The molecule has 1 fully saturated rings. The lowest BCUT2D eigenvalue weighted by Gasteiger charge is -2.10. The summed E-state index contributed by atoms with van der Waals surface area (Å²) in [6, 6.07) is 13.5. The molecule has 0 aromatic heterocycles. The first-order valence-corrected chi connectivity index (χ1v) is 8.48. The van der Waals surface area contributed by atoms with Crippen LogP contribution in [0.5, 0.6) is 0 Å². The topological polar surface area (TPSA) is 58.2 Å². The first-order chi connectivity index (χ1) is 12.0. The second-order valence-corrected chi connectivity index (χ2v) is 6.53. The zero-order chi connectivity index (χ0) is 17.8. The van der Waals surface area contributed by atoms with Crippen molar-refractivity contribution in [2.24, 2.45) is 5.92 Å². The van der Waals surface area contributed by atoms with Gasteiger partial charge in [-0.15, -0.1) is 0 Å². The van der Waals surface area contributed by atoms with Gasteiger partial charge in [0.15, 0.2) is 0 Å². The minimum Gasteiger partial charge on any atom is -0.326 e. The Morgan fingerprint density at radius 3 is 2.40 bits per heavy atom. The van der Waals surface area contributed by atoms with E-state index in [9.17, 15) is 9.59 Å². The lowest BCUT2D eigenvalue weighted by atomic mass is 10.1. The van der Waals surface area contributed by atoms with E-state index in [4.69, 9.17) is 0 Å². The predicted octanol–water partition coefficient (Wildman–Crippen LogP) is 4.30. The summed E-state index contributed by atoms with van der Waals surface area (Å²) in [7, 11) is 0. The van der Waals surface area contributed by atoms with Crippen LogP contribution in [0.4, 0.5) is 11.4 Å². The van der Waals surface area contributed by atoms with Gasteiger partial charge in [0.05, 0.1) is 0 Å². The molecule has 2 amide bonds. The molecular weight excluding hydrogens is 312 g/mol. The Balaban J connectivity index is 1.64. The molecule has 1 aliphatic rings. The highest BCUT2D eigenvalue weighted by Gasteiger charge is 2.29. The minimum absolute atomic E-state index is 0.0610. The molecule has 128 valence electrons. The van der Waals surface area contributed by atoms with Gasteiger partial charge in [-0.25, -0.2) is 0 Å². The molecule has 2 aromatic rings. The van der Waals surface area contributed by atoms with Crippen LogP contribution in [0.1, 0.15) is 29.5 Å². The largest absolute Gasteiger partial charge is 0.326 e. The van der Waals surface area contributed by atoms with Gasteiger partial charge >= 0.3 is 0 Å². The molecule has 4 heteroatoms. The van der Waals surface area contributed by atoms with Crippen LogP contribution in [0.2, 0.25) is 0 Å². The van der Waals surface area contributed by atoms with Crippen LogP contribution in [0.15, 0.2) is 48.5 Å². The minimum atomic E-state index is -0.205. The van der Waals surface area contributed by atoms with E-state index in [1.807, 2.05) is 50.2 Å². The molecule has 1 aliphatic carbocycles. The Kier molecular flexibility index (Phi) is 4.98. The Bertz CT molecular complexity index is 818. The lowest BCUT2D eigenvalue weighted by Crippen LogP contribution is -2.15. The van der Waals surface area contributed by atoms with Gasteiger partial charge in [0.25, 0.3) is 0 Å². The molecule has 0 heterocycles. The first kappa shape index (κ1) is 17.0. The van der Waals surface area contributed by atoms with E-state index in [1.165, 1.54) is 11.6 Å². The SMILES string of the molecule is Cc1ccc(/C=C/C(=O)Nc2ccc(C)c(NC(=O)C3CC3)c2)cc1. The highest BCUT2D eigenvalue weighted by atomic mass is 16.2.